The molecule has 0 spiro atoms. The van der Waals surface area contributed by atoms with Gasteiger partial charge in [0, 0.05) is 51.5 Å². The topological polar surface area (TPSA) is 134 Å². The molecule has 10 heteroatoms. The van der Waals surface area contributed by atoms with Gasteiger partial charge in [0.15, 0.2) is 0 Å². The molecule has 40 heavy (non-hydrogen) atoms. The molecule has 218 valence electrons. The molecule has 4 N–H and O–H groups in total. The number of carbonyl (C=O) groups excluding carboxylic acids is 3. The minimum atomic E-state index is -0.730. The van der Waals surface area contributed by atoms with E-state index < -0.39 is 17.9 Å². The van der Waals surface area contributed by atoms with E-state index in [0.717, 1.165) is 23.4 Å². The molecule has 1 heterocycles. The molecule has 1 fully saturated rings. The highest BCUT2D eigenvalue weighted by Gasteiger charge is 2.29. The molecule has 2 atom stereocenters. The van der Waals surface area contributed by atoms with Gasteiger partial charge >= 0.3 is 0 Å². The number of rotatable bonds is 16. The molecular formula is C30H42N4O6. The van der Waals surface area contributed by atoms with Crippen molar-refractivity contribution in [2.24, 2.45) is 11.7 Å². The molecule has 1 aliphatic rings. The van der Waals surface area contributed by atoms with Crippen molar-refractivity contribution in [2.45, 2.75) is 38.8 Å². The third-order valence-electron chi connectivity index (χ3n) is 7.01. The van der Waals surface area contributed by atoms with E-state index >= 15 is 0 Å². The summed E-state index contributed by atoms with van der Waals surface area (Å²) < 4.78 is 11.2. The Morgan fingerprint density at radius 2 is 1.68 bits per heavy atom. The first-order chi connectivity index (χ1) is 19.4. The lowest BCUT2D eigenvalue weighted by Gasteiger charge is -2.36. The first-order valence-electron chi connectivity index (χ1n) is 13.9. The van der Waals surface area contributed by atoms with Gasteiger partial charge in [-0.05, 0) is 29.7 Å². The summed E-state index contributed by atoms with van der Waals surface area (Å²) in [5.41, 5.74) is 7.30. The summed E-state index contributed by atoms with van der Waals surface area (Å²) in [6.45, 7) is 6.25. The van der Waals surface area contributed by atoms with Crippen LogP contribution in [0.25, 0.3) is 0 Å². The monoisotopic (exact) mass is 554 g/mol. The Hall–Kier alpha value is -3.47. The minimum absolute atomic E-state index is 0.000267. The highest BCUT2D eigenvalue weighted by atomic mass is 16.5. The molecule has 2 aromatic rings. The number of ether oxygens (including phenoxy) is 2. The van der Waals surface area contributed by atoms with Gasteiger partial charge < -0.3 is 30.5 Å². The maximum atomic E-state index is 13.6. The van der Waals surface area contributed by atoms with Gasteiger partial charge in [-0.25, -0.2) is 0 Å². The van der Waals surface area contributed by atoms with Crippen molar-refractivity contribution in [3.05, 3.63) is 65.7 Å². The van der Waals surface area contributed by atoms with E-state index in [1.54, 1.807) is 11.8 Å². The summed E-state index contributed by atoms with van der Waals surface area (Å²) in [6, 6.07) is 16.7. The Kier molecular flexibility index (Phi) is 12.9. The van der Waals surface area contributed by atoms with E-state index in [4.69, 9.17) is 20.3 Å². The van der Waals surface area contributed by atoms with Crippen molar-refractivity contribution < 1.29 is 29.0 Å². The summed E-state index contributed by atoms with van der Waals surface area (Å²) in [5.74, 6) is -0.558. The van der Waals surface area contributed by atoms with Gasteiger partial charge in [0.25, 0.3) is 0 Å². The van der Waals surface area contributed by atoms with Crippen LogP contribution in [0.15, 0.2) is 54.6 Å². The number of amides is 3. The molecule has 0 radical (unpaired) electrons. The van der Waals surface area contributed by atoms with Crippen molar-refractivity contribution >= 4 is 17.7 Å². The van der Waals surface area contributed by atoms with E-state index in [2.05, 4.69) is 10.2 Å². The predicted molar refractivity (Wildman–Crippen MR) is 151 cm³/mol. The lowest BCUT2D eigenvalue weighted by Crippen LogP contribution is -2.55. The predicted octanol–water partition coefficient (Wildman–Crippen LogP) is 1.35. The average molecular weight is 555 g/mol. The Morgan fingerprint density at radius 1 is 0.975 bits per heavy atom. The Bertz CT molecular complexity index is 1060. The maximum Gasteiger partial charge on any atom is 0.245 e. The van der Waals surface area contributed by atoms with Crippen molar-refractivity contribution in [3.8, 4) is 5.75 Å². The van der Waals surface area contributed by atoms with Gasteiger partial charge in [0.05, 0.1) is 19.8 Å². The number of primary amides is 1. The fourth-order valence-electron chi connectivity index (χ4n) is 4.43. The molecule has 0 aliphatic carbocycles. The Morgan fingerprint density at radius 3 is 2.33 bits per heavy atom. The van der Waals surface area contributed by atoms with Gasteiger partial charge in [0.1, 0.15) is 18.4 Å². The molecule has 2 aromatic carbocycles. The number of benzene rings is 2. The first kappa shape index (κ1) is 31.1. The van der Waals surface area contributed by atoms with Gasteiger partial charge in [0.2, 0.25) is 17.7 Å². The zero-order valence-electron chi connectivity index (χ0n) is 23.3. The van der Waals surface area contributed by atoms with Crippen LogP contribution in [0, 0.1) is 5.92 Å². The Labute approximate surface area is 236 Å². The Balaban J connectivity index is 1.59. The number of hydrogen-bond donors (Lipinski definition) is 3. The zero-order valence-corrected chi connectivity index (χ0v) is 23.3. The smallest absolute Gasteiger partial charge is 0.245 e. The van der Waals surface area contributed by atoms with Crippen LogP contribution in [-0.2, 0) is 32.1 Å². The number of nitrogens with one attached hydrogen (secondary N) is 1. The molecule has 0 aromatic heterocycles. The summed E-state index contributed by atoms with van der Waals surface area (Å²) in [6.07, 6.45) is 0.776. The number of piperazine rings is 1. The third kappa shape index (κ3) is 10.6. The second kappa shape index (κ2) is 16.6. The van der Waals surface area contributed by atoms with Gasteiger partial charge in [-0.15, -0.1) is 0 Å². The van der Waals surface area contributed by atoms with Crippen molar-refractivity contribution in [1.82, 2.24) is 15.1 Å². The molecule has 2 unspecified atom stereocenters. The minimum Gasteiger partial charge on any atom is -0.489 e. The fourth-order valence-corrected chi connectivity index (χ4v) is 4.43. The lowest BCUT2D eigenvalue weighted by atomic mass is 10.0. The molecule has 3 amide bonds. The van der Waals surface area contributed by atoms with Gasteiger partial charge in [-0.2, -0.15) is 0 Å². The summed E-state index contributed by atoms with van der Waals surface area (Å²) in [5, 5.41) is 11.8. The van der Waals surface area contributed by atoms with Crippen molar-refractivity contribution in [3.63, 3.8) is 0 Å². The number of hydrogen-bond acceptors (Lipinski definition) is 7. The molecular weight excluding hydrogens is 512 g/mol. The maximum absolute atomic E-state index is 13.6. The molecule has 0 saturated carbocycles. The molecule has 10 nitrogen and oxygen atoms in total. The van der Waals surface area contributed by atoms with Crippen LogP contribution < -0.4 is 15.8 Å². The van der Waals surface area contributed by atoms with Gasteiger partial charge in [-0.1, -0.05) is 49.4 Å². The van der Waals surface area contributed by atoms with E-state index in [1.807, 2.05) is 54.6 Å². The number of carbonyl (C=O) groups is 3. The van der Waals surface area contributed by atoms with E-state index in [9.17, 15) is 14.4 Å². The molecule has 1 saturated heterocycles. The molecule has 3 rings (SSSR count). The van der Waals surface area contributed by atoms with E-state index in [0.29, 0.717) is 58.8 Å². The largest absolute Gasteiger partial charge is 0.489 e. The number of nitrogens with two attached hydrogens (primary N) is 1. The normalized spacial score (nSPS) is 15.3. The van der Waals surface area contributed by atoms with E-state index in [1.165, 1.54) is 0 Å². The SMILES string of the molecule is CC(CCC(=O)NC(Cc1ccc(OCc2ccccc2)cc1)C(=O)N1CCN(CCOCCO)CC1)C(N)=O. The molecule has 1 aliphatic heterocycles. The highest BCUT2D eigenvalue weighted by Crippen LogP contribution is 2.17. The number of aliphatic hydroxyl groups excluding tert-OH is 1. The standard InChI is InChI=1S/C30H42N4O6/c1-23(29(31)37)7-12-28(36)32-27(30(38)34-15-13-33(14-16-34)17-19-39-20-18-35)21-24-8-10-26(11-9-24)40-22-25-5-3-2-4-6-25/h2-6,8-11,23,27,35H,7,12-22H2,1H3,(H2,31,37)(H,32,36). The number of nitrogens with zero attached hydrogens (tertiary/aromatic N) is 2. The van der Waals surface area contributed by atoms with Gasteiger partial charge in [-0.3, -0.25) is 19.3 Å². The second-order valence-electron chi connectivity index (χ2n) is 10.1. The molecule has 0 bridgehead atoms. The van der Waals surface area contributed by atoms with Crippen molar-refractivity contribution in [1.29, 1.82) is 0 Å². The van der Waals surface area contributed by atoms with Crippen LogP contribution >= 0.6 is 0 Å². The average Bonchev–Trinajstić information content (AvgIpc) is 2.98. The van der Waals surface area contributed by atoms with Crippen LogP contribution in [0.4, 0.5) is 0 Å². The van der Waals surface area contributed by atoms with E-state index in [-0.39, 0.29) is 24.8 Å². The van der Waals surface area contributed by atoms with Crippen LogP contribution in [0.2, 0.25) is 0 Å². The summed E-state index contributed by atoms with van der Waals surface area (Å²) in [7, 11) is 0. The zero-order chi connectivity index (χ0) is 28.7. The number of aliphatic hydroxyl groups is 1. The lowest BCUT2D eigenvalue weighted by molar-refractivity contribution is -0.138. The van der Waals surface area contributed by atoms with Crippen LogP contribution in [0.3, 0.4) is 0 Å². The second-order valence-corrected chi connectivity index (χ2v) is 10.1. The highest BCUT2D eigenvalue weighted by molar-refractivity contribution is 5.88. The summed E-state index contributed by atoms with van der Waals surface area (Å²) >= 11 is 0. The van der Waals surface area contributed by atoms with Crippen LogP contribution in [-0.4, -0.2) is 91.2 Å². The van der Waals surface area contributed by atoms with Crippen LogP contribution in [0.1, 0.15) is 30.9 Å². The summed E-state index contributed by atoms with van der Waals surface area (Å²) in [4.78, 5) is 41.7. The fraction of sp³-hybridized carbons (Fsp3) is 0.500. The van der Waals surface area contributed by atoms with Crippen LogP contribution in [0.5, 0.6) is 5.75 Å². The quantitative estimate of drug-likeness (QED) is 0.267. The van der Waals surface area contributed by atoms with Crippen molar-refractivity contribution in [2.75, 3.05) is 52.5 Å². The third-order valence-corrected chi connectivity index (χ3v) is 7.01. The first-order valence-corrected chi connectivity index (χ1v) is 13.9.